The molecule has 3 rings (SSSR count). The summed E-state index contributed by atoms with van der Waals surface area (Å²) < 4.78 is 35.5. The van der Waals surface area contributed by atoms with Crippen LogP contribution in [0.4, 0.5) is 8.78 Å². The first-order chi connectivity index (χ1) is 14.5. The topological polar surface area (TPSA) is 27.1 Å². The van der Waals surface area contributed by atoms with E-state index in [-0.39, 0.29) is 17.6 Å². The van der Waals surface area contributed by atoms with Gasteiger partial charge < -0.3 is 4.74 Å². The van der Waals surface area contributed by atoms with Gasteiger partial charge in [-0.1, -0.05) is 31.6 Å². The fourth-order valence-corrected chi connectivity index (χ4v) is 3.95. The third-order valence-corrected chi connectivity index (χ3v) is 5.51. The standard InChI is InChI=1S/C25H30F2N2O/c1-4-8-21(30-3)16-22(23(27)5-2)24-17-25-19(9-6-7-14-29(25)28-24)15-18-10-12-20(26)13-11-18/h5,8,10-13,16-17,19H,4,6-7,9,14-15H2,1-3H3/b21-8-,22-16+,23-5+/t19-/m1/s1. The second kappa shape index (κ2) is 10.4. The summed E-state index contributed by atoms with van der Waals surface area (Å²) >= 11 is 0. The molecular weight excluding hydrogens is 382 g/mol. The third-order valence-electron chi connectivity index (χ3n) is 5.51. The summed E-state index contributed by atoms with van der Waals surface area (Å²) in [5, 5.41) is 4.76. The number of methoxy groups -OCH3 is 1. The molecule has 0 radical (unpaired) electrons. The summed E-state index contributed by atoms with van der Waals surface area (Å²) in [5.74, 6) is 0.341. The number of ether oxygens (including phenoxy) is 1. The highest BCUT2D eigenvalue weighted by Gasteiger charge is 2.23. The van der Waals surface area contributed by atoms with E-state index in [4.69, 9.17) is 9.84 Å². The lowest BCUT2D eigenvalue weighted by atomic mass is 9.91. The number of benzene rings is 1. The lowest BCUT2D eigenvalue weighted by Gasteiger charge is -2.15. The molecule has 0 N–H and O–H groups in total. The molecule has 1 aromatic heterocycles. The van der Waals surface area contributed by atoms with Gasteiger partial charge in [0.1, 0.15) is 17.4 Å². The molecule has 1 aromatic carbocycles. The molecule has 160 valence electrons. The zero-order valence-corrected chi connectivity index (χ0v) is 18.0. The van der Waals surface area contributed by atoms with Gasteiger partial charge in [0.05, 0.1) is 12.8 Å². The van der Waals surface area contributed by atoms with Crippen molar-refractivity contribution in [2.24, 2.45) is 0 Å². The summed E-state index contributed by atoms with van der Waals surface area (Å²) in [6, 6.07) is 8.69. The average Bonchev–Trinajstić information content (AvgIpc) is 3.09. The molecule has 1 aliphatic rings. The molecule has 0 aliphatic carbocycles. The van der Waals surface area contributed by atoms with Crippen LogP contribution in [-0.2, 0) is 17.7 Å². The summed E-state index contributed by atoms with van der Waals surface area (Å²) in [7, 11) is 1.59. The number of fused-ring (bicyclic) bond motifs is 1. The number of hydrogen-bond donors (Lipinski definition) is 0. The molecule has 0 fully saturated rings. The first-order valence-corrected chi connectivity index (χ1v) is 10.7. The second-order valence-electron chi connectivity index (χ2n) is 7.61. The molecule has 0 unspecified atom stereocenters. The van der Waals surface area contributed by atoms with Gasteiger partial charge in [0, 0.05) is 23.7 Å². The van der Waals surface area contributed by atoms with Gasteiger partial charge in [0.2, 0.25) is 0 Å². The van der Waals surface area contributed by atoms with Crippen LogP contribution in [0.1, 0.15) is 62.4 Å². The normalized spacial score (nSPS) is 18.2. The number of rotatable bonds is 7. The maximum Gasteiger partial charge on any atom is 0.128 e. The minimum Gasteiger partial charge on any atom is -0.497 e. The van der Waals surface area contributed by atoms with E-state index in [1.54, 1.807) is 20.1 Å². The van der Waals surface area contributed by atoms with E-state index in [0.29, 0.717) is 17.0 Å². The second-order valence-corrected chi connectivity index (χ2v) is 7.61. The van der Waals surface area contributed by atoms with Crippen LogP contribution in [0.5, 0.6) is 0 Å². The van der Waals surface area contributed by atoms with Crippen molar-refractivity contribution in [2.45, 2.75) is 58.4 Å². The molecular formula is C25H30F2N2O. The maximum absolute atomic E-state index is 14.8. The predicted octanol–water partition coefficient (Wildman–Crippen LogP) is 6.73. The number of aromatic nitrogens is 2. The van der Waals surface area contributed by atoms with Gasteiger partial charge in [-0.25, -0.2) is 8.78 Å². The van der Waals surface area contributed by atoms with Crippen LogP contribution in [0.2, 0.25) is 0 Å². The molecule has 0 spiro atoms. The Morgan fingerprint density at radius 2 is 2.03 bits per heavy atom. The van der Waals surface area contributed by atoms with E-state index < -0.39 is 0 Å². The van der Waals surface area contributed by atoms with E-state index in [1.807, 2.05) is 35.9 Å². The smallest absolute Gasteiger partial charge is 0.128 e. The number of aryl methyl sites for hydroxylation is 1. The lowest BCUT2D eigenvalue weighted by molar-refractivity contribution is 0.305. The molecule has 0 saturated carbocycles. The quantitative estimate of drug-likeness (QED) is 0.372. The van der Waals surface area contributed by atoms with Gasteiger partial charge in [-0.3, -0.25) is 4.68 Å². The predicted molar refractivity (Wildman–Crippen MR) is 117 cm³/mol. The van der Waals surface area contributed by atoms with Gasteiger partial charge in [-0.05, 0) is 68.5 Å². The Hall–Kier alpha value is -2.69. The molecule has 2 aromatic rings. The Bertz CT molecular complexity index is 939. The van der Waals surface area contributed by atoms with Crippen LogP contribution in [-0.4, -0.2) is 16.9 Å². The number of nitrogens with zero attached hydrogens (tertiary/aromatic N) is 2. The number of hydrogen-bond acceptors (Lipinski definition) is 2. The van der Waals surface area contributed by atoms with E-state index in [1.165, 1.54) is 18.2 Å². The average molecular weight is 413 g/mol. The Balaban J connectivity index is 1.98. The van der Waals surface area contributed by atoms with Crippen LogP contribution in [0.25, 0.3) is 5.57 Å². The summed E-state index contributed by atoms with van der Waals surface area (Å²) in [6.45, 7) is 4.51. The Morgan fingerprint density at radius 1 is 1.27 bits per heavy atom. The Kier molecular flexibility index (Phi) is 7.61. The van der Waals surface area contributed by atoms with Gasteiger partial charge >= 0.3 is 0 Å². The van der Waals surface area contributed by atoms with Crippen molar-refractivity contribution in [3.8, 4) is 0 Å². The van der Waals surface area contributed by atoms with E-state index in [2.05, 4.69) is 0 Å². The molecule has 5 heteroatoms. The van der Waals surface area contributed by atoms with Crippen molar-refractivity contribution < 1.29 is 13.5 Å². The first-order valence-electron chi connectivity index (χ1n) is 10.7. The Morgan fingerprint density at radius 3 is 2.70 bits per heavy atom. The van der Waals surface area contributed by atoms with Crippen LogP contribution in [0.15, 0.2) is 60.1 Å². The SMILES string of the molecule is C\C=C(F)/C(=C\C(=C\CC)OC)c1cc2n(n1)CCCC[C@@H]2Cc1ccc(F)cc1. The fourth-order valence-electron chi connectivity index (χ4n) is 3.95. The van der Waals surface area contributed by atoms with E-state index in [0.717, 1.165) is 49.9 Å². The zero-order valence-electron chi connectivity index (χ0n) is 18.0. The zero-order chi connectivity index (χ0) is 21.5. The van der Waals surface area contributed by atoms with Crippen LogP contribution in [0, 0.1) is 5.82 Å². The molecule has 3 nitrogen and oxygen atoms in total. The highest BCUT2D eigenvalue weighted by atomic mass is 19.1. The van der Waals surface area contributed by atoms with Crippen molar-refractivity contribution in [2.75, 3.05) is 7.11 Å². The first kappa shape index (κ1) is 22.0. The molecule has 1 aliphatic heterocycles. The summed E-state index contributed by atoms with van der Waals surface area (Å²) in [6.07, 6.45) is 9.89. The Labute approximate surface area is 177 Å². The van der Waals surface area contributed by atoms with Gasteiger partial charge in [0.25, 0.3) is 0 Å². The minimum atomic E-state index is -0.322. The summed E-state index contributed by atoms with van der Waals surface area (Å²) in [5.41, 5.74) is 3.26. The van der Waals surface area contributed by atoms with Gasteiger partial charge in [-0.15, -0.1) is 0 Å². The highest BCUT2D eigenvalue weighted by Crippen LogP contribution is 2.34. The van der Waals surface area contributed by atoms with Crippen molar-refractivity contribution >= 4 is 5.57 Å². The molecule has 0 amide bonds. The largest absolute Gasteiger partial charge is 0.497 e. The van der Waals surface area contributed by atoms with Crippen molar-refractivity contribution in [3.05, 3.63) is 82.9 Å². The fraction of sp³-hybridized carbons (Fsp3) is 0.400. The van der Waals surface area contributed by atoms with Crippen LogP contribution < -0.4 is 0 Å². The van der Waals surface area contributed by atoms with E-state index in [9.17, 15) is 8.78 Å². The monoisotopic (exact) mass is 412 g/mol. The van der Waals surface area contributed by atoms with Crippen LogP contribution >= 0.6 is 0 Å². The lowest BCUT2D eigenvalue weighted by Crippen LogP contribution is -2.08. The highest BCUT2D eigenvalue weighted by molar-refractivity contribution is 5.76. The minimum absolute atomic E-state index is 0.224. The van der Waals surface area contributed by atoms with Crippen molar-refractivity contribution in [1.29, 1.82) is 0 Å². The maximum atomic E-state index is 14.8. The molecule has 30 heavy (non-hydrogen) atoms. The molecule has 0 bridgehead atoms. The molecule has 1 atom stereocenters. The van der Waals surface area contributed by atoms with Crippen molar-refractivity contribution in [3.63, 3.8) is 0 Å². The third kappa shape index (κ3) is 5.26. The van der Waals surface area contributed by atoms with Gasteiger partial charge in [0.15, 0.2) is 0 Å². The van der Waals surface area contributed by atoms with Crippen molar-refractivity contribution in [1.82, 2.24) is 9.78 Å². The van der Waals surface area contributed by atoms with Gasteiger partial charge in [-0.2, -0.15) is 5.10 Å². The molecule has 2 heterocycles. The van der Waals surface area contributed by atoms with E-state index >= 15 is 0 Å². The van der Waals surface area contributed by atoms with Crippen LogP contribution in [0.3, 0.4) is 0 Å². The summed E-state index contributed by atoms with van der Waals surface area (Å²) in [4.78, 5) is 0. The number of halogens is 2. The number of allylic oxidation sites excluding steroid dienone is 5. The molecule has 0 saturated heterocycles.